The number of nitrogens with zero attached hydrogens (tertiary/aromatic N) is 8. The van der Waals surface area contributed by atoms with Crippen molar-refractivity contribution in [3.05, 3.63) is 80.8 Å². The minimum atomic E-state index is 0.137. The highest BCUT2D eigenvalue weighted by molar-refractivity contribution is 7.71. The Bertz CT molecular complexity index is 1400. The normalized spacial score (nSPS) is 11.2. The molecule has 0 unspecified atom stereocenters. The van der Waals surface area contributed by atoms with Gasteiger partial charge in [-0.05, 0) is 73.7 Å². The minimum Gasteiger partial charge on any atom is -0.395 e. The van der Waals surface area contributed by atoms with Crippen molar-refractivity contribution in [1.82, 2.24) is 29.7 Å². The Balaban J connectivity index is 0.000000220. The molecule has 0 bridgehead atoms. The lowest BCUT2D eigenvalue weighted by Crippen LogP contribution is -2.20. The van der Waals surface area contributed by atoms with Gasteiger partial charge in [-0.1, -0.05) is 24.3 Å². The number of hydrogen-bond acceptors (Lipinski definition) is 10. The number of hydrogen-bond donors (Lipinski definition) is 4. The molecule has 14 heteroatoms. The molecule has 2 heterocycles. The van der Waals surface area contributed by atoms with Gasteiger partial charge in [0.2, 0.25) is 9.54 Å². The fraction of sp³-hybridized carbons (Fsp3) is 0.308. The standard InChI is InChI=1S/2C13H17N5OS/c2*1-10-15-16-13(20)18(10)14-9-11-3-5-12(6-4-11)17(2)7-8-19/h2*3-6,9,19H,7-8H2,1-2H3,(H,16,20)/b2*14-9+. The van der Waals surface area contributed by atoms with E-state index in [1.165, 1.54) is 0 Å². The number of anilines is 2. The summed E-state index contributed by atoms with van der Waals surface area (Å²) < 4.78 is 4.08. The van der Waals surface area contributed by atoms with E-state index in [1.54, 1.807) is 21.8 Å². The van der Waals surface area contributed by atoms with E-state index in [4.69, 9.17) is 34.6 Å². The van der Waals surface area contributed by atoms with E-state index in [1.807, 2.05) is 86.3 Å². The van der Waals surface area contributed by atoms with Gasteiger partial charge in [0.15, 0.2) is 0 Å². The maximum atomic E-state index is 8.91. The monoisotopic (exact) mass is 582 g/mol. The summed E-state index contributed by atoms with van der Waals surface area (Å²) in [6, 6.07) is 15.8. The van der Waals surface area contributed by atoms with Gasteiger partial charge in [0, 0.05) is 38.6 Å². The molecule has 2 aromatic carbocycles. The first-order valence-corrected chi connectivity index (χ1v) is 13.3. The van der Waals surface area contributed by atoms with E-state index in [2.05, 4.69) is 30.6 Å². The van der Waals surface area contributed by atoms with Crippen molar-refractivity contribution in [2.75, 3.05) is 50.2 Å². The largest absolute Gasteiger partial charge is 0.395 e. The third-order valence-corrected chi connectivity index (χ3v) is 6.34. The van der Waals surface area contributed by atoms with E-state index < -0.39 is 0 Å². The second-order valence-corrected chi connectivity index (χ2v) is 9.51. The molecule has 4 N–H and O–H groups in total. The molecule has 40 heavy (non-hydrogen) atoms. The van der Waals surface area contributed by atoms with Crippen molar-refractivity contribution in [3.63, 3.8) is 0 Å². The van der Waals surface area contributed by atoms with Crippen molar-refractivity contribution in [2.45, 2.75) is 13.8 Å². The summed E-state index contributed by atoms with van der Waals surface area (Å²) in [4.78, 5) is 3.97. The maximum absolute atomic E-state index is 8.91. The van der Waals surface area contributed by atoms with Crippen LogP contribution in [0.15, 0.2) is 58.7 Å². The Morgan fingerprint density at radius 3 is 1.35 bits per heavy atom. The van der Waals surface area contributed by atoms with Crippen LogP contribution in [-0.2, 0) is 0 Å². The van der Waals surface area contributed by atoms with E-state index in [-0.39, 0.29) is 13.2 Å². The zero-order chi connectivity index (χ0) is 29.1. The molecule has 0 saturated heterocycles. The Labute approximate surface area is 242 Å². The number of aliphatic hydroxyl groups excluding tert-OH is 2. The first-order chi connectivity index (χ1) is 19.2. The molecule has 0 saturated carbocycles. The van der Waals surface area contributed by atoms with Crippen molar-refractivity contribution < 1.29 is 10.2 Å². The lowest BCUT2D eigenvalue weighted by atomic mass is 10.2. The third-order valence-electron chi connectivity index (χ3n) is 5.81. The number of H-pyrrole nitrogens is 2. The molecule has 2 aromatic heterocycles. The zero-order valence-electron chi connectivity index (χ0n) is 22.9. The number of nitrogens with one attached hydrogen (secondary N) is 2. The van der Waals surface area contributed by atoms with Crippen LogP contribution in [0.3, 0.4) is 0 Å². The van der Waals surface area contributed by atoms with Gasteiger partial charge < -0.3 is 20.0 Å². The lowest BCUT2D eigenvalue weighted by molar-refractivity contribution is 0.304. The first kappa shape index (κ1) is 30.6. The number of likely N-dealkylation sites (N-methyl/N-ethyl adjacent to an activating group) is 2. The van der Waals surface area contributed by atoms with Crippen LogP contribution < -0.4 is 9.80 Å². The van der Waals surface area contributed by atoms with E-state index in [0.29, 0.717) is 34.3 Å². The number of benzene rings is 2. The van der Waals surface area contributed by atoms with Crippen LogP contribution in [0.1, 0.15) is 22.8 Å². The summed E-state index contributed by atoms with van der Waals surface area (Å²) in [6.45, 7) is 5.15. The third kappa shape index (κ3) is 8.51. The number of rotatable bonds is 10. The topological polar surface area (TPSA) is 139 Å². The molecule has 4 aromatic rings. The van der Waals surface area contributed by atoms with E-state index in [0.717, 1.165) is 22.5 Å². The molecular weight excluding hydrogens is 548 g/mol. The van der Waals surface area contributed by atoms with Crippen LogP contribution in [0.25, 0.3) is 0 Å². The predicted octanol–water partition coefficient (Wildman–Crippen LogP) is 3.12. The highest BCUT2D eigenvalue weighted by Crippen LogP contribution is 2.13. The summed E-state index contributed by atoms with van der Waals surface area (Å²) in [5.41, 5.74) is 4.03. The summed E-state index contributed by atoms with van der Waals surface area (Å²) in [5, 5.41) is 39.7. The first-order valence-electron chi connectivity index (χ1n) is 12.4. The maximum Gasteiger partial charge on any atom is 0.216 e. The van der Waals surface area contributed by atoms with E-state index in [9.17, 15) is 0 Å². The second-order valence-electron chi connectivity index (χ2n) is 8.74. The van der Waals surface area contributed by atoms with Crippen LogP contribution in [0.5, 0.6) is 0 Å². The van der Waals surface area contributed by atoms with Gasteiger partial charge in [-0.15, -0.1) is 0 Å². The van der Waals surface area contributed by atoms with Crippen molar-refractivity contribution in [1.29, 1.82) is 0 Å². The minimum absolute atomic E-state index is 0.137. The molecule has 0 aliphatic carbocycles. The SMILES string of the molecule is Cc1n[nH]c(=S)n1/N=C/c1ccc(N(C)CCO)cc1.Cc1n[nH]c(=S)n1/N=C/c1ccc(N(C)CCO)cc1. The van der Waals surface area contributed by atoms with Gasteiger partial charge in [0.1, 0.15) is 11.6 Å². The van der Waals surface area contributed by atoms with Crippen molar-refractivity contribution in [3.8, 4) is 0 Å². The van der Waals surface area contributed by atoms with Crippen LogP contribution in [0.2, 0.25) is 0 Å². The van der Waals surface area contributed by atoms with Crippen molar-refractivity contribution >= 4 is 48.2 Å². The van der Waals surface area contributed by atoms with Gasteiger partial charge >= 0.3 is 0 Å². The highest BCUT2D eigenvalue weighted by Gasteiger charge is 2.02. The fourth-order valence-corrected chi connectivity index (χ4v) is 3.90. The van der Waals surface area contributed by atoms with E-state index >= 15 is 0 Å². The van der Waals surface area contributed by atoms with Gasteiger partial charge in [0.05, 0.1) is 25.6 Å². The second kappa shape index (κ2) is 15.0. The Hall–Kier alpha value is -3.98. The predicted molar refractivity (Wildman–Crippen MR) is 164 cm³/mol. The lowest BCUT2D eigenvalue weighted by Gasteiger charge is -2.17. The van der Waals surface area contributed by atoms with Gasteiger partial charge in [-0.3, -0.25) is 10.2 Å². The quantitative estimate of drug-likeness (QED) is 0.165. The molecule has 0 atom stereocenters. The molecule has 0 aliphatic rings. The summed E-state index contributed by atoms with van der Waals surface area (Å²) >= 11 is 10.1. The summed E-state index contributed by atoms with van der Waals surface area (Å²) in [5.74, 6) is 1.43. The van der Waals surface area contributed by atoms with Crippen molar-refractivity contribution in [2.24, 2.45) is 10.2 Å². The Morgan fingerprint density at radius 2 is 1.07 bits per heavy atom. The molecule has 0 fully saturated rings. The number of aliphatic hydroxyl groups is 2. The Morgan fingerprint density at radius 1 is 0.725 bits per heavy atom. The van der Waals surface area contributed by atoms with Crippen LogP contribution in [-0.4, -0.2) is 92.8 Å². The molecule has 0 amide bonds. The average Bonchev–Trinajstić information content (AvgIpc) is 3.45. The summed E-state index contributed by atoms with van der Waals surface area (Å²) in [7, 11) is 3.88. The van der Waals surface area contributed by atoms with Gasteiger partial charge in [-0.2, -0.15) is 29.8 Å². The number of aryl methyl sites for hydroxylation is 2. The molecule has 0 aliphatic heterocycles. The fourth-order valence-electron chi connectivity index (χ4n) is 3.45. The Kier molecular flexibility index (Phi) is 11.4. The average molecular weight is 583 g/mol. The van der Waals surface area contributed by atoms with Crippen LogP contribution in [0, 0.1) is 23.4 Å². The molecule has 0 radical (unpaired) electrons. The number of aromatic nitrogens is 6. The van der Waals surface area contributed by atoms with Crippen LogP contribution in [0.4, 0.5) is 11.4 Å². The van der Waals surface area contributed by atoms with Gasteiger partial charge in [0.25, 0.3) is 0 Å². The zero-order valence-corrected chi connectivity index (χ0v) is 24.5. The highest BCUT2D eigenvalue weighted by atomic mass is 32.1. The number of aromatic amines is 2. The molecule has 4 rings (SSSR count). The molecule has 212 valence electrons. The molecule has 12 nitrogen and oxygen atoms in total. The van der Waals surface area contributed by atoms with Gasteiger partial charge in [-0.25, -0.2) is 0 Å². The molecular formula is C26H34N10O2S2. The van der Waals surface area contributed by atoms with Crippen LogP contribution >= 0.6 is 24.4 Å². The molecule has 0 spiro atoms. The smallest absolute Gasteiger partial charge is 0.216 e. The summed E-state index contributed by atoms with van der Waals surface area (Å²) in [6.07, 6.45) is 3.46.